The van der Waals surface area contributed by atoms with Gasteiger partial charge in [0.1, 0.15) is 16.5 Å². The number of halogens is 2. The Morgan fingerprint density at radius 1 is 1.33 bits per heavy atom. The first-order valence-corrected chi connectivity index (χ1v) is 7.68. The fourth-order valence-electron chi connectivity index (χ4n) is 2.27. The lowest BCUT2D eigenvalue weighted by atomic mass is 9.91. The molecule has 1 aliphatic heterocycles. The predicted octanol–water partition coefficient (Wildman–Crippen LogP) is 1.84. The van der Waals surface area contributed by atoms with Gasteiger partial charge in [-0.05, 0) is 43.0 Å². The summed E-state index contributed by atoms with van der Waals surface area (Å²) in [6.45, 7) is 1.40. The van der Waals surface area contributed by atoms with Gasteiger partial charge >= 0.3 is 0 Å². The standard InChI is InChI=1S/C12H15F2NO2S/c1-18(16,17)11-6-9(13)5-10(12(11)14)8-3-2-4-15-7-8/h5-6,8,15H,2-4,7H2,1H3. The molecule has 6 heteroatoms. The number of rotatable bonds is 2. The third-order valence-corrected chi connectivity index (χ3v) is 4.26. The maximum Gasteiger partial charge on any atom is 0.178 e. The quantitative estimate of drug-likeness (QED) is 0.895. The zero-order valence-electron chi connectivity index (χ0n) is 10.0. The van der Waals surface area contributed by atoms with E-state index in [1.165, 1.54) is 0 Å². The molecule has 1 aliphatic rings. The van der Waals surface area contributed by atoms with Gasteiger partial charge in [0.25, 0.3) is 0 Å². The Hall–Kier alpha value is -1.01. The molecule has 100 valence electrons. The van der Waals surface area contributed by atoms with Crippen molar-refractivity contribution in [2.24, 2.45) is 0 Å². The molecule has 0 aliphatic carbocycles. The van der Waals surface area contributed by atoms with Crippen LogP contribution in [0.5, 0.6) is 0 Å². The minimum atomic E-state index is -3.75. The van der Waals surface area contributed by atoms with E-state index in [2.05, 4.69) is 5.32 Å². The molecule has 0 radical (unpaired) electrons. The predicted molar refractivity (Wildman–Crippen MR) is 64.3 cm³/mol. The van der Waals surface area contributed by atoms with E-state index in [1.807, 2.05) is 0 Å². The van der Waals surface area contributed by atoms with Crippen molar-refractivity contribution in [3.05, 3.63) is 29.3 Å². The highest BCUT2D eigenvalue weighted by atomic mass is 32.2. The fourth-order valence-corrected chi connectivity index (χ4v) is 3.04. The Morgan fingerprint density at radius 2 is 2.06 bits per heavy atom. The molecule has 1 unspecified atom stereocenters. The van der Waals surface area contributed by atoms with Gasteiger partial charge in [0, 0.05) is 12.8 Å². The van der Waals surface area contributed by atoms with Crippen LogP contribution >= 0.6 is 0 Å². The van der Waals surface area contributed by atoms with Crippen molar-refractivity contribution in [2.45, 2.75) is 23.7 Å². The Balaban J connectivity index is 2.50. The van der Waals surface area contributed by atoms with Gasteiger partial charge in [0.05, 0.1) is 0 Å². The molecule has 0 amide bonds. The van der Waals surface area contributed by atoms with Crippen molar-refractivity contribution >= 4 is 9.84 Å². The van der Waals surface area contributed by atoms with Crippen molar-refractivity contribution in [1.29, 1.82) is 0 Å². The highest BCUT2D eigenvalue weighted by molar-refractivity contribution is 7.90. The maximum atomic E-state index is 14.2. The first-order chi connectivity index (χ1) is 8.39. The summed E-state index contributed by atoms with van der Waals surface area (Å²) in [5, 5.41) is 3.10. The van der Waals surface area contributed by atoms with Gasteiger partial charge in [0.15, 0.2) is 9.84 Å². The van der Waals surface area contributed by atoms with Gasteiger partial charge in [-0.2, -0.15) is 0 Å². The molecule has 2 rings (SSSR count). The minimum Gasteiger partial charge on any atom is -0.316 e. The lowest BCUT2D eigenvalue weighted by Crippen LogP contribution is -2.29. The van der Waals surface area contributed by atoms with Crippen molar-refractivity contribution in [2.75, 3.05) is 19.3 Å². The van der Waals surface area contributed by atoms with Crippen molar-refractivity contribution in [3.8, 4) is 0 Å². The van der Waals surface area contributed by atoms with E-state index in [0.717, 1.165) is 37.8 Å². The molecule has 1 saturated heterocycles. The molecule has 1 fully saturated rings. The fraction of sp³-hybridized carbons (Fsp3) is 0.500. The molecule has 1 heterocycles. The SMILES string of the molecule is CS(=O)(=O)c1cc(F)cc(C2CCCNC2)c1F. The summed E-state index contributed by atoms with van der Waals surface area (Å²) in [4.78, 5) is -0.553. The average molecular weight is 275 g/mol. The normalized spacial score (nSPS) is 20.9. The highest BCUT2D eigenvalue weighted by Crippen LogP contribution is 2.29. The van der Waals surface area contributed by atoms with Crippen LogP contribution in [-0.2, 0) is 9.84 Å². The number of nitrogens with one attached hydrogen (secondary N) is 1. The van der Waals surface area contributed by atoms with Crippen LogP contribution in [0.3, 0.4) is 0 Å². The molecule has 1 atom stereocenters. The summed E-state index contributed by atoms with van der Waals surface area (Å²) in [6.07, 6.45) is 2.49. The summed E-state index contributed by atoms with van der Waals surface area (Å²) >= 11 is 0. The van der Waals surface area contributed by atoms with Gasteiger partial charge in [-0.25, -0.2) is 17.2 Å². The summed E-state index contributed by atoms with van der Waals surface area (Å²) in [5.74, 6) is -1.69. The third kappa shape index (κ3) is 2.70. The summed E-state index contributed by atoms with van der Waals surface area (Å²) in [6, 6.07) is 1.84. The smallest absolute Gasteiger partial charge is 0.178 e. The van der Waals surface area contributed by atoms with Crippen molar-refractivity contribution < 1.29 is 17.2 Å². The van der Waals surface area contributed by atoms with Crippen LogP contribution in [0.2, 0.25) is 0 Å². The van der Waals surface area contributed by atoms with E-state index in [-0.39, 0.29) is 11.5 Å². The summed E-state index contributed by atoms with van der Waals surface area (Å²) in [5.41, 5.74) is 0.155. The first kappa shape index (κ1) is 13.4. The number of sulfone groups is 1. The molecule has 0 aromatic heterocycles. The lowest BCUT2D eigenvalue weighted by molar-refractivity contribution is 0.438. The molecular weight excluding hydrogens is 260 g/mol. The molecule has 1 aromatic carbocycles. The highest BCUT2D eigenvalue weighted by Gasteiger charge is 2.25. The van der Waals surface area contributed by atoms with Gasteiger partial charge in [0.2, 0.25) is 0 Å². The summed E-state index contributed by atoms with van der Waals surface area (Å²) in [7, 11) is -3.75. The van der Waals surface area contributed by atoms with Crippen molar-refractivity contribution in [1.82, 2.24) is 5.32 Å². The minimum absolute atomic E-state index is 0.155. The molecule has 0 spiro atoms. The number of benzene rings is 1. The van der Waals surface area contributed by atoms with E-state index >= 15 is 0 Å². The van der Waals surface area contributed by atoms with Gasteiger partial charge < -0.3 is 5.32 Å². The third-order valence-electron chi connectivity index (χ3n) is 3.17. The Labute approximate surface area is 105 Å². The van der Waals surface area contributed by atoms with Crippen LogP contribution in [0.4, 0.5) is 8.78 Å². The molecular formula is C12H15F2NO2S. The maximum absolute atomic E-state index is 14.2. The second kappa shape index (κ2) is 4.93. The largest absolute Gasteiger partial charge is 0.316 e. The van der Waals surface area contributed by atoms with E-state index in [0.29, 0.717) is 6.54 Å². The van der Waals surface area contributed by atoms with Gasteiger partial charge in [-0.3, -0.25) is 0 Å². The molecule has 3 nitrogen and oxygen atoms in total. The second-order valence-corrected chi connectivity index (χ2v) is 6.61. The van der Waals surface area contributed by atoms with Crippen LogP contribution in [0.25, 0.3) is 0 Å². The lowest BCUT2D eigenvalue weighted by Gasteiger charge is -2.24. The average Bonchev–Trinajstić information content (AvgIpc) is 2.31. The molecule has 1 N–H and O–H groups in total. The monoisotopic (exact) mass is 275 g/mol. The van der Waals surface area contributed by atoms with E-state index in [4.69, 9.17) is 0 Å². The van der Waals surface area contributed by atoms with E-state index in [9.17, 15) is 17.2 Å². The second-order valence-electron chi connectivity index (χ2n) is 4.62. The van der Waals surface area contributed by atoms with Crippen molar-refractivity contribution in [3.63, 3.8) is 0 Å². The Morgan fingerprint density at radius 3 is 2.61 bits per heavy atom. The molecule has 18 heavy (non-hydrogen) atoms. The zero-order chi connectivity index (χ0) is 13.3. The van der Waals surface area contributed by atoms with Gasteiger partial charge in [-0.1, -0.05) is 0 Å². The first-order valence-electron chi connectivity index (χ1n) is 5.79. The Bertz CT molecular complexity index is 551. The number of hydrogen-bond acceptors (Lipinski definition) is 3. The van der Waals surface area contributed by atoms with Crippen LogP contribution < -0.4 is 5.32 Å². The van der Waals surface area contributed by atoms with Gasteiger partial charge in [-0.15, -0.1) is 0 Å². The Kier molecular flexibility index (Phi) is 3.68. The van der Waals surface area contributed by atoms with E-state index < -0.39 is 26.4 Å². The van der Waals surface area contributed by atoms with Crippen LogP contribution in [0.15, 0.2) is 17.0 Å². The molecule has 1 aromatic rings. The number of piperidine rings is 1. The number of hydrogen-bond donors (Lipinski definition) is 1. The van der Waals surface area contributed by atoms with E-state index in [1.54, 1.807) is 0 Å². The van der Waals surface area contributed by atoms with Crippen LogP contribution in [-0.4, -0.2) is 27.8 Å². The van der Waals surface area contributed by atoms with Crippen LogP contribution in [0.1, 0.15) is 24.3 Å². The van der Waals surface area contributed by atoms with Crippen LogP contribution in [0, 0.1) is 11.6 Å². The molecule has 0 saturated carbocycles. The summed E-state index contributed by atoms with van der Waals surface area (Å²) < 4.78 is 50.4. The molecule has 0 bridgehead atoms. The topological polar surface area (TPSA) is 46.2 Å². The zero-order valence-corrected chi connectivity index (χ0v) is 10.9.